The fraction of sp³-hybridized carbons (Fsp3) is 0.250. The van der Waals surface area contributed by atoms with Crippen LogP contribution in [-0.2, 0) is 6.42 Å². The molecule has 0 saturated heterocycles. The van der Waals surface area contributed by atoms with E-state index in [0.29, 0.717) is 23.3 Å². The molecule has 0 aliphatic rings. The predicted molar refractivity (Wildman–Crippen MR) is 49.4 cm³/mol. The Balaban J connectivity index is 2.80. The molecule has 0 unspecified atom stereocenters. The maximum Gasteiger partial charge on any atom is 0.218 e. The second-order valence-electron chi connectivity index (χ2n) is 2.25. The molecule has 0 radical (unpaired) electrons. The molecule has 0 fully saturated rings. The van der Waals surface area contributed by atoms with Crippen LogP contribution in [0.25, 0.3) is 4.85 Å². The van der Waals surface area contributed by atoms with Crippen molar-refractivity contribution in [2.24, 2.45) is 0 Å². The lowest BCUT2D eigenvalue weighted by molar-refractivity contribution is 1.07. The zero-order valence-electron chi connectivity index (χ0n) is 6.22. The molecule has 2 nitrogen and oxygen atoms in total. The Morgan fingerprint density at radius 2 is 1.92 bits per heavy atom. The monoisotopic (exact) mass is 200 g/mol. The summed E-state index contributed by atoms with van der Waals surface area (Å²) in [6.07, 6.45) is 0.672. The van der Waals surface area contributed by atoms with Crippen molar-refractivity contribution in [1.29, 1.82) is 0 Å². The van der Waals surface area contributed by atoms with Gasteiger partial charge in [0.2, 0.25) is 6.54 Å². The molecule has 4 heteroatoms. The van der Waals surface area contributed by atoms with Gasteiger partial charge in [0.1, 0.15) is 10.3 Å². The molecule has 1 aromatic rings. The summed E-state index contributed by atoms with van der Waals surface area (Å²) in [7, 11) is 0. The van der Waals surface area contributed by atoms with Crippen LogP contribution in [-0.4, -0.2) is 11.5 Å². The Hall–Kier alpha value is -0.780. The first-order chi connectivity index (χ1) is 5.72. The predicted octanol–water partition coefficient (Wildman–Crippen LogP) is 2.85. The normalized spacial score (nSPS) is 9.42. The number of pyridine rings is 1. The van der Waals surface area contributed by atoms with Gasteiger partial charge < -0.3 is 4.85 Å². The van der Waals surface area contributed by atoms with Crippen LogP contribution in [0.1, 0.15) is 5.56 Å². The van der Waals surface area contributed by atoms with Crippen LogP contribution < -0.4 is 0 Å². The van der Waals surface area contributed by atoms with Crippen molar-refractivity contribution in [2.75, 3.05) is 6.54 Å². The molecule has 0 aliphatic carbocycles. The Labute approximate surface area is 81.0 Å². The van der Waals surface area contributed by atoms with Crippen molar-refractivity contribution in [1.82, 2.24) is 4.98 Å². The highest BCUT2D eigenvalue weighted by Gasteiger charge is 1.99. The molecular formula is C8H6Cl2N2. The van der Waals surface area contributed by atoms with Gasteiger partial charge in [-0.15, -0.1) is 0 Å². The molecule has 1 aromatic heterocycles. The molecule has 0 amide bonds. The van der Waals surface area contributed by atoms with Gasteiger partial charge in [0.05, 0.1) is 0 Å². The summed E-state index contributed by atoms with van der Waals surface area (Å²) in [6, 6.07) is 3.44. The van der Waals surface area contributed by atoms with E-state index in [1.807, 2.05) is 0 Å². The summed E-state index contributed by atoms with van der Waals surface area (Å²) in [5, 5.41) is 0.755. The first-order valence-electron chi connectivity index (χ1n) is 3.37. The lowest BCUT2D eigenvalue weighted by Gasteiger charge is -1.97. The lowest BCUT2D eigenvalue weighted by Crippen LogP contribution is -1.89. The Kier molecular flexibility index (Phi) is 3.33. The van der Waals surface area contributed by atoms with E-state index in [0.717, 1.165) is 5.56 Å². The Morgan fingerprint density at radius 1 is 1.33 bits per heavy atom. The topological polar surface area (TPSA) is 17.2 Å². The number of aromatic nitrogens is 1. The number of hydrogen-bond donors (Lipinski definition) is 0. The first kappa shape index (κ1) is 9.31. The minimum absolute atomic E-state index is 0.377. The van der Waals surface area contributed by atoms with E-state index in [1.165, 1.54) is 0 Å². The SMILES string of the molecule is [C-]#[N+]CCc1cc(Cl)nc(Cl)c1. The van der Waals surface area contributed by atoms with Crippen molar-refractivity contribution in [2.45, 2.75) is 6.42 Å². The van der Waals surface area contributed by atoms with Crippen LogP contribution in [0, 0.1) is 6.57 Å². The van der Waals surface area contributed by atoms with Crippen molar-refractivity contribution in [3.63, 3.8) is 0 Å². The van der Waals surface area contributed by atoms with Gasteiger partial charge in [-0.2, -0.15) is 0 Å². The summed E-state index contributed by atoms with van der Waals surface area (Å²) in [5.41, 5.74) is 0.955. The molecular weight excluding hydrogens is 195 g/mol. The molecule has 0 bridgehead atoms. The van der Waals surface area contributed by atoms with Crippen LogP contribution in [0.4, 0.5) is 0 Å². The van der Waals surface area contributed by atoms with Gasteiger partial charge in [0, 0.05) is 6.42 Å². The number of nitrogens with zero attached hydrogens (tertiary/aromatic N) is 2. The molecule has 12 heavy (non-hydrogen) atoms. The van der Waals surface area contributed by atoms with E-state index in [2.05, 4.69) is 9.83 Å². The highest BCUT2D eigenvalue weighted by atomic mass is 35.5. The summed E-state index contributed by atoms with van der Waals surface area (Å²) in [4.78, 5) is 7.03. The molecule has 0 atom stereocenters. The maximum absolute atomic E-state index is 6.60. The molecule has 62 valence electrons. The van der Waals surface area contributed by atoms with E-state index in [-0.39, 0.29) is 0 Å². The molecule has 0 spiro atoms. The minimum Gasteiger partial charge on any atom is -0.317 e. The minimum atomic E-state index is 0.377. The van der Waals surface area contributed by atoms with Crippen LogP contribution in [0.5, 0.6) is 0 Å². The van der Waals surface area contributed by atoms with Gasteiger partial charge in [-0.3, -0.25) is 0 Å². The van der Waals surface area contributed by atoms with Crippen molar-refractivity contribution in [3.05, 3.63) is 39.4 Å². The van der Waals surface area contributed by atoms with Crippen molar-refractivity contribution >= 4 is 23.2 Å². The summed E-state index contributed by atoms with van der Waals surface area (Å²) < 4.78 is 0. The third-order valence-electron chi connectivity index (χ3n) is 1.33. The number of rotatable bonds is 2. The quantitative estimate of drug-likeness (QED) is 0.531. The van der Waals surface area contributed by atoms with Crippen molar-refractivity contribution in [3.8, 4) is 0 Å². The summed E-state index contributed by atoms with van der Waals surface area (Å²) in [6.45, 7) is 7.06. The van der Waals surface area contributed by atoms with Gasteiger partial charge in [-0.1, -0.05) is 23.2 Å². The van der Waals surface area contributed by atoms with E-state index >= 15 is 0 Å². The van der Waals surface area contributed by atoms with E-state index in [9.17, 15) is 0 Å². The molecule has 1 heterocycles. The van der Waals surface area contributed by atoms with E-state index in [1.54, 1.807) is 12.1 Å². The molecule has 0 aromatic carbocycles. The van der Waals surface area contributed by atoms with Gasteiger partial charge in [0.25, 0.3) is 0 Å². The maximum atomic E-state index is 6.60. The van der Waals surface area contributed by atoms with Gasteiger partial charge in [-0.05, 0) is 17.7 Å². The number of halogens is 2. The largest absolute Gasteiger partial charge is 0.317 e. The van der Waals surface area contributed by atoms with Crippen molar-refractivity contribution < 1.29 is 0 Å². The molecule has 0 aliphatic heterocycles. The first-order valence-corrected chi connectivity index (χ1v) is 4.13. The Morgan fingerprint density at radius 3 is 2.42 bits per heavy atom. The molecule has 0 N–H and O–H groups in total. The van der Waals surface area contributed by atoms with Crippen LogP contribution in [0.2, 0.25) is 10.3 Å². The summed E-state index contributed by atoms with van der Waals surface area (Å²) >= 11 is 11.3. The lowest BCUT2D eigenvalue weighted by atomic mass is 10.2. The fourth-order valence-electron chi connectivity index (χ4n) is 0.844. The van der Waals surface area contributed by atoms with Crippen LogP contribution in [0.3, 0.4) is 0 Å². The average molecular weight is 201 g/mol. The zero-order valence-corrected chi connectivity index (χ0v) is 7.73. The van der Waals surface area contributed by atoms with Crippen LogP contribution >= 0.6 is 23.2 Å². The van der Waals surface area contributed by atoms with E-state index < -0.39 is 0 Å². The third-order valence-corrected chi connectivity index (χ3v) is 1.72. The van der Waals surface area contributed by atoms with Gasteiger partial charge in [0.15, 0.2) is 0 Å². The molecule has 0 saturated carbocycles. The van der Waals surface area contributed by atoms with Crippen LogP contribution in [0.15, 0.2) is 12.1 Å². The zero-order chi connectivity index (χ0) is 8.97. The standard InChI is InChI=1S/C8H6Cl2N2/c1-11-3-2-6-4-7(9)12-8(10)5-6/h4-5H,2-3H2. The van der Waals surface area contributed by atoms with E-state index in [4.69, 9.17) is 29.8 Å². The Bertz CT molecular complexity index is 297. The van der Waals surface area contributed by atoms with Gasteiger partial charge in [-0.25, -0.2) is 11.6 Å². The second kappa shape index (κ2) is 4.30. The average Bonchev–Trinajstić information content (AvgIpc) is 1.99. The summed E-state index contributed by atoms with van der Waals surface area (Å²) in [5.74, 6) is 0. The highest BCUT2D eigenvalue weighted by Crippen LogP contribution is 2.14. The second-order valence-corrected chi connectivity index (χ2v) is 3.03. The highest BCUT2D eigenvalue weighted by molar-refractivity contribution is 6.32. The molecule has 1 rings (SSSR count). The fourth-order valence-corrected chi connectivity index (χ4v) is 1.35. The smallest absolute Gasteiger partial charge is 0.218 e. The third kappa shape index (κ3) is 2.69. The number of hydrogen-bond acceptors (Lipinski definition) is 1. The van der Waals surface area contributed by atoms with Gasteiger partial charge >= 0.3 is 0 Å².